The van der Waals surface area contributed by atoms with Crippen molar-refractivity contribution in [1.82, 2.24) is 9.62 Å². The van der Waals surface area contributed by atoms with Crippen LogP contribution in [0.3, 0.4) is 0 Å². The smallest absolute Gasteiger partial charge is 0.243 e. The minimum atomic E-state index is -3.50. The Balaban J connectivity index is 2.22. The van der Waals surface area contributed by atoms with Crippen molar-refractivity contribution in [1.29, 1.82) is 0 Å². The van der Waals surface area contributed by atoms with Crippen LogP contribution in [0.25, 0.3) is 0 Å². The number of sulfonamides is 1. The van der Waals surface area contributed by atoms with Crippen molar-refractivity contribution in [3.05, 3.63) is 30.1 Å². The Morgan fingerprint density at radius 3 is 2.61 bits per heavy atom. The van der Waals surface area contributed by atoms with Crippen LogP contribution in [0.4, 0.5) is 4.39 Å². The number of piperidine rings is 1. The maximum Gasteiger partial charge on any atom is 0.243 e. The minimum absolute atomic E-state index is 0.153. The predicted octanol–water partition coefficient (Wildman–Crippen LogP) is 1.20. The normalized spacial score (nSPS) is 22.0. The molecule has 6 heteroatoms. The van der Waals surface area contributed by atoms with Crippen molar-refractivity contribution in [2.45, 2.75) is 23.8 Å². The van der Waals surface area contributed by atoms with Gasteiger partial charge in [0.2, 0.25) is 10.0 Å². The topological polar surface area (TPSA) is 49.4 Å². The Morgan fingerprint density at radius 2 is 2.00 bits per heavy atom. The van der Waals surface area contributed by atoms with E-state index in [1.54, 1.807) is 0 Å². The minimum Gasteiger partial charge on any atom is -0.316 e. The monoisotopic (exact) mass is 272 g/mol. The lowest BCUT2D eigenvalue weighted by molar-refractivity contribution is 0.293. The van der Waals surface area contributed by atoms with Crippen molar-refractivity contribution in [3.8, 4) is 0 Å². The van der Waals surface area contributed by atoms with Gasteiger partial charge in [-0.05, 0) is 44.2 Å². The van der Waals surface area contributed by atoms with Crippen molar-refractivity contribution in [2.24, 2.45) is 0 Å². The first-order valence-corrected chi connectivity index (χ1v) is 7.41. The first-order valence-electron chi connectivity index (χ1n) is 5.97. The van der Waals surface area contributed by atoms with Crippen LogP contribution < -0.4 is 5.32 Å². The zero-order chi connectivity index (χ0) is 13.2. The second kappa shape index (κ2) is 5.34. The Labute approximate surface area is 107 Å². The number of hydrogen-bond acceptors (Lipinski definition) is 3. The highest BCUT2D eigenvalue weighted by Gasteiger charge is 2.29. The fourth-order valence-corrected chi connectivity index (χ4v) is 3.68. The van der Waals surface area contributed by atoms with Gasteiger partial charge >= 0.3 is 0 Å². The Morgan fingerprint density at radius 1 is 1.33 bits per heavy atom. The van der Waals surface area contributed by atoms with Crippen LogP contribution in [0.15, 0.2) is 29.2 Å². The molecule has 100 valence electrons. The van der Waals surface area contributed by atoms with Gasteiger partial charge in [0.05, 0.1) is 4.90 Å². The first-order chi connectivity index (χ1) is 8.54. The third kappa shape index (κ3) is 2.71. The summed E-state index contributed by atoms with van der Waals surface area (Å²) in [5.74, 6) is -0.430. The van der Waals surface area contributed by atoms with Crippen LogP contribution in [-0.4, -0.2) is 38.9 Å². The number of halogens is 1. The second-order valence-electron chi connectivity index (χ2n) is 4.44. The third-order valence-corrected chi connectivity index (χ3v) is 5.12. The molecule has 0 spiro atoms. The Kier molecular flexibility index (Phi) is 3.99. The molecule has 0 unspecified atom stereocenters. The molecule has 1 aromatic rings. The maximum atomic E-state index is 12.8. The zero-order valence-corrected chi connectivity index (χ0v) is 11.1. The molecule has 0 saturated carbocycles. The Bertz CT molecular complexity index is 501. The summed E-state index contributed by atoms with van der Waals surface area (Å²) >= 11 is 0. The average Bonchev–Trinajstić information content (AvgIpc) is 2.39. The molecule has 1 aliphatic rings. The summed E-state index contributed by atoms with van der Waals surface area (Å²) in [5.41, 5.74) is 0. The molecule has 0 amide bonds. The molecule has 1 atom stereocenters. The van der Waals surface area contributed by atoms with Gasteiger partial charge < -0.3 is 5.32 Å². The summed E-state index contributed by atoms with van der Waals surface area (Å²) < 4.78 is 38.9. The van der Waals surface area contributed by atoms with Crippen LogP contribution in [0, 0.1) is 5.82 Å². The lowest BCUT2D eigenvalue weighted by atomic mass is 10.1. The summed E-state index contributed by atoms with van der Waals surface area (Å²) in [6.07, 6.45) is 1.82. The lowest BCUT2D eigenvalue weighted by Gasteiger charge is -2.31. The molecule has 18 heavy (non-hydrogen) atoms. The summed E-state index contributed by atoms with van der Waals surface area (Å²) in [5, 5.41) is 3.10. The number of likely N-dealkylation sites (N-methyl/N-ethyl adjacent to an activating group) is 1. The maximum absolute atomic E-state index is 12.8. The lowest BCUT2D eigenvalue weighted by Crippen LogP contribution is -2.46. The molecule has 1 aromatic carbocycles. The van der Waals surface area contributed by atoms with Crippen LogP contribution in [0.1, 0.15) is 12.8 Å². The fourth-order valence-electron chi connectivity index (χ4n) is 2.15. The molecule has 0 aromatic heterocycles. The van der Waals surface area contributed by atoms with Crippen LogP contribution in [-0.2, 0) is 10.0 Å². The summed E-state index contributed by atoms with van der Waals surface area (Å²) in [4.78, 5) is 0.153. The quantitative estimate of drug-likeness (QED) is 0.899. The van der Waals surface area contributed by atoms with Gasteiger partial charge in [-0.2, -0.15) is 4.31 Å². The number of rotatable bonds is 3. The summed E-state index contributed by atoms with van der Waals surface area (Å²) in [6.45, 7) is 0.994. The molecule has 1 heterocycles. The summed E-state index contributed by atoms with van der Waals surface area (Å²) in [7, 11) is -1.66. The highest BCUT2D eigenvalue weighted by Crippen LogP contribution is 2.20. The molecule has 1 saturated heterocycles. The van der Waals surface area contributed by atoms with Gasteiger partial charge in [0, 0.05) is 19.1 Å². The predicted molar refractivity (Wildman–Crippen MR) is 67.2 cm³/mol. The van der Waals surface area contributed by atoms with Crippen molar-refractivity contribution in [3.63, 3.8) is 0 Å². The molecule has 0 radical (unpaired) electrons. The van der Waals surface area contributed by atoms with Crippen molar-refractivity contribution >= 4 is 10.0 Å². The second-order valence-corrected chi connectivity index (χ2v) is 6.38. The highest BCUT2D eigenvalue weighted by molar-refractivity contribution is 7.89. The van der Waals surface area contributed by atoms with E-state index >= 15 is 0 Å². The number of benzene rings is 1. The summed E-state index contributed by atoms with van der Waals surface area (Å²) in [6, 6.07) is 5.16. The molecular weight excluding hydrogens is 255 g/mol. The van der Waals surface area contributed by atoms with E-state index in [4.69, 9.17) is 0 Å². The van der Waals surface area contributed by atoms with E-state index in [9.17, 15) is 12.8 Å². The average molecular weight is 272 g/mol. The van der Waals surface area contributed by atoms with E-state index in [1.165, 1.54) is 28.6 Å². The zero-order valence-electron chi connectivity index (χ0n) is 10.3. The van der Waals surface area contributed by atoms with E-state index in [1.807, 2.05) is 7.05 Å². The number of nitrogens with zero attached hydrogens (tertiary/aromatic N) is 1. The van der Waals surface area contributed by atoms with Crippen molar-refractivity contribution in [2.75, 3.05) is 20.1 Å². The molecule has 1 fully saturated rings. The van der Waals surface area contributed by atoms with Gasteiger partial charge in [0.1, 0.15) is 5.82 Å². The van der Waals surface area contributed by atoms with Gasteiger partial charge in [-0.25, -0.2) is 12.8 Å². The van der Waals surface area contributed by atoms with Gasteiger partial charge in [-0.3, -0.25) is 0 Å². The van der Waals surface area contributed by atoms with Gasteiger partial charge in [0.25, 0.3) is 0 Å². The van der Waals surface area contributed by atoms with E-state index < -0.39 is 15.8 Å². The number of nitrogens with one attached hydrogen (secondary N) is 1. The SMILES string of the molecule is CN[C@H]1CCCN(S(=O)(=O)c2ccc(F)cc2)C1. The molecule has 1 N–H and O–H groups in total. The molecule has 1 aliphatic heterocycles. The van der Waals surface area contributed by atoms with Gasteiger partial charge in [-0.15, -0.1) is 0 Å². The molecule has 2 rings (SSSR count). The van der Waals surface area contributed by atoms with E-state index in [0.29, 0.717) is 13.1 Å². The number of hydrogen-bond donors (Lipinski definition) is 1. The van der Waals surface area contributed by atoms with Crippen molar-refractivity contribution < 1.29 is 12.8 Å². The standard InChI is InChI=1S/C12H17FN2O2S/c1-14-11-3-2-8-15(9-11)18(16,17)12-6-4-10(13)5-7-12/h4-7,11,14H,2-3,8-9H2,1H3/t11-/m0/s1. The van der Waals surface area contributed by atoms with E-state index in [-0.39, 0.29) is 10.9 Å². The third-order valence-electron chi connectivity index (χ3n) is 3.24. The molecular formula is C12H17FN2O2S. The van der Waals surface area contributed by atoms with Crippen LogP contribution >= 0.6 is 0 Å². The van der Waals surface area contributed by atoms with Crippen LogP contribution in [0.5, 0.6) is 0 Å². The first kappa shape index (κ1) is 13.5. The van der Waals surface area contributed by atoms with Gasteiger partial charge in [0.15, 0.2) is 0 Å². The van der Waals surface area contributed by atoms with Gasteiger partial charge in [-0.1, -0.05) is 0 Å². The van der Waals surface area contributed by atoms with E-state index in [2.05, 4.69) is 5.32 Å². The largest absolute Gasteiger partial charge is 0.316 e. The van der Waals surface area contributed by atoms with E-state index in [0.717, 1.165) is 12.8 Å². The molecule has 4 nitrogen and oxygen atoms in total. The molecule has 0 bridgehead atoms. The fraction of sp³-hybridized carbons (Fsp3) is 0.500. The van der Waals surface area contributed by atoms with Crippen LogP contribution in [0.2, 0.25) is 0 Å². The Hall–Kier alpha value is -0.980. The highest BCUT2D eigenvalue weighted by atomic mass is 32.2. The molecule has 0 aliphatic carbocycles.